The molecule has 0 aliphatic carbocycles. The molecule has 0 bridgehead atoms. The lowest BCUT2D eigenvalue weighted by atomic mass is 9.85. The summed E-state index contributed by atoms with van der Waals surface area (Å²) < 4.78 is 0. The minimum atomic E-state index is -1.82. The van der Waals surface area contributed by atoms with E-state index in [2.05, 4.69) is 0 Å². The van der Waals surface area contributed by atoms with Gasteiger partial charge in [-0.25, -0.2) is 0 Å². The minimum Gasteiger partial charge on any atom is -0.372 e. The molecule has 0 radical (unpaired) electrons. The number of hydrogen-bond donors (Lipinski definition) is 2. The number of nitrogens with two attached hydrogens (primary N) is 1. The summed E-state index contributed by atoms with van der Waals surface area (Å²) in [5, 5.41) is 12.9. The van der Waals surface area contributed by atoms with Crippen LogP contribution in [0.1, 0.15) is 11.1 Å². The second-order valence-electron chi connectivity index (χ2n) is 5.00. The summed E-state index contributed by atoms with van der Waals surface area (Å²) in [6.45, 7) is 0. The summed E-state index contributed by atoms with van der Waals surface area (Å²) in [5.41, 5.74) is 5.63. The van der Waals surface area contributed by atoms with E-state index in [9.17, 15) is 9.90 Å². The number of carbonyl (C=O) groups is 1. The summed E-state index contributed by atoms with van der Waals surface area (Å²) in [5.74, 6) is -0.789. The first-order valence-corrected chi connectivity index (χ1v) is 7.72. The van der Waals surface area contributed by atoms with Crippen LogP contribution in [0.15, 0.2) is 72.1 Å². The van der Waals surface area contributed by atoms with Gasteiger partial charge in [-0.15, -0.1) is 11.3 Å². The summed E-state index contributed by atoms with van der Waals surface area (Å²) in [6.07, 6.45) is 0. The van der Waals surface area contributed by atoms with Gasteiger partial charge in [-0.2, -0.15) is 0 Å². The molecule has 1 aromatic heterocycles. The topological polar surface area (TPSA) is 63.3 Å². The highest BCUT2D eigenvalue weighted by atomic mass is 32.1. The fraction of sp³-hybridized carbons (Fsp3) is 0.0556. The van der Waals surface area contributed by atoms with Crippen molar-refractivity contribution in [3.8, 4) is 10.4 Å². The third-order valence-corrected chi connectivity index (χ3v) is 4.58. The number of hydrogen-bond acceptors (Lipinski definition) is 3. The Kier molecular flexibility index (Phi) is 3.79. The second-order valence-corrected chi connectivity index (χ2v) is 5.94. The Morgan fingerprint density at radius 3 is 2.09 bits per heavy atom. The van der Waals surface area contributed by atoms with Crippen LogP contribution < -0.4 is 5.73 Å². The molecule has 0 saturated carbocycles. The van der Waals surface area contributed by atoms with E-state index in [0.29, 0.717) is 11.1 Å². The van der Waals surface area contributed by atoms with Crippen LogP contribution in [0.3, 0.4) is 0 Å². The average molecular weight is 309 g/mol. The molecular weight excluding hydrogens is 294 g/mol. The van der Waals surface area contributed by atoms with Crippen LogP contribution in [0, 0.1) is 0 Å². The zero-order valence-electron chi connectivity index (χ0n) is 11.8. The van der Waals surface area contributed by atoms with Gasteiger partial charge in [0.2, 0.25) is 0 Å². The van der Waals surface area contributed by atoms with Gasteiger partial charge in [0.15, 0.2) is 5.60 Å². The van der Waals surface area contributed by atoms with Crippen molar-refractivity contribution in [3.05, 3.63) is 83.2 Å². The Balaban J connectivity index is 2.05. The lowest BCUT2D eigenvalue weighted by molar-refractivity contribution is -0.133. The van der Waals surface area contributed by atoms with Gasteiger partial charge < -0.3 is 10.8 Å². The molecule has 1 atom stereocenters. The quantitative estimate of drug-likeness (QED) is 0.777. The van der Waals surface area contributed by atoms with Crippen LogP contribution >= 0.6 is 11.3 Å². The highest BCUT2D eigenvalue weighted by molar-refractivity contribution is 7.13. The van der Waals surface area contributed by atoms with Crippen molar-refractivity contribution in [2.45, 2.75) is 5.60 Å². The first-order valence-electron chi connectivity index (χ1n) is 6.84. The molecule has 0 fully saturated rings. The number of thiophene rings is 1. The Labute approximate surface area is 132 Å². The largest absolute Gasteiger partial charge is 0.372 e. The molecule has 3 rings (SSSR count). The fourth-order valence-electron chi connectivity index (χ4n) is 2.45. The third kappa shape index (κ3) is 2.43. The molecule has 2 aromatic carbocycles. The van der Waals surface area contributed by atoms with E-state index < -0.39 is 11.5 Å². The Hall–Kier alpha value is -2.43. The SMILES string of the molecule is NC(=O)C(O)(c1ccccc1)c1ccc(-c2cccs2)cc1. The normalized spacial score (nSPS) is 13.5. The summed E-state index contributed by atoms with van der Waals surface area (Å²) in [6, 6.07) is 20.0. The molecule has 4 heteroatoms. The molecule has 0 aliphatic heterocycles. The van der Waals surface area contributed by atoms with Crippen LogP contribution in [0.25, 0.3) is 10.4 Å². The second kappa shape index (κ2) is 5.75. The van der Waals surface area contributed by atoms with Gasteiger partial charge >= 0.3 is 0 Å². The Morgan fingerprint density at radius 2 is 1.55 bits per heavy atom. The summed E-state index contributed by atoms with van der Waals surface area (Å²) in [7, 11) is 0. The number of aliphatic hydroxyl groups is 1. The van der Waals surface area contributed by atoms with Gasteiger partial charge in [0.25, 0.3) is 5.91 Å². The number of amides is 1. The van der Waals surface area contributed by atoms with Crippen LogP contribution in [0.5, 0.6) is 0 Å². The van der Waals surface area contributed by atoms with Gasteiger partial charge in [-0.1, -0.05) is 60.7 Å². The molecule has 1 heterocycles. The van der Waals surface area contributed by atoms with E-state index in [-0.39, 0.29) is 0 Å². The van der Waals surface area contributed by atoms with Gasteiger partial charge in [-0.05, 0) is 28.1 Å². The van der Waals surface area contributed by atoms with E-state index in [1.54, 1.807) is 47.7 Å². The maximum Gasteiger partial charge on any atom is 0.258 e. The van der Waals surface area contributed by atoms with E-state index in [0.717, 1.165) is 10.4 Å². The molecule has 0 spiro atoms. The Bertz CT molecular complexity index is 767. The monoisotopic (exact) mass is 309 g/mol. The minimum absolute atomic E-state index is 0.464. The first kappa shape index (κ1) is 14.5. The molecule has 1 amide bonds. The van der Waals surface area contributed by atoms with E-state index >= 15 is 0 Å². The molecule has 3 nitrogen and oxygen atoms in total. The maximum absolute atomic E-state index is 11.9. The average Bonchev–Trinajstić information content (AvgIpc) is 3.09. The Morgan fingerprint density at radius 1 is 0.909 bits per heavy atom. The lowest BCUT2D eigenvalue weighted by Gasteiger charge is -2.25. The molecule has 1 unspecified atom stereocenters. The van der Waals surface area contributed by atoms with Crippen LogP contribution in [-0.4, -0.2) is 11.0 Å². The third-order valence-electron chi connectivity index (χ3n) is 3.66. The van der Waals surface area contributed by atoms with Crippen molar-refractivity contribution in [2.24, 2.45) is 5.73 Å². The molecule has 110 valence electrons. The van der Waals surface area contributed by atoms with E-state index in [1.165, 1.54) is 0 Å². The molecule has 3 N–H and O–H groups in total. The van der Waals surface area contributed by atoms with E-state index in [4.69, 9.17) is 5.73 Å². The van der Waals surface area contributed by atoms with Gasteiger partial charge in [-0.3, -0.25) is 4.79 Å². The predicted molar refractivity (Wildman–Crippen MR) is 88.4 cm³/mol. The molecule has 0 saturated heterocycles. The number of benzene rings is 2. The van der Waals surface area contributed by atoms with Crippen molar-refractivity contribution >= 4 is 17.2 Å². The van der Waals surface area contributed by atoms with Gasteiger partial charge in [0.05, 0.1) is 0 Å². The number of primary amides is 1. The zero-order chi connectivity index (χ0) is 15.6. The van der Waals surface area contributed by atoms with Crippen molar-refractivity contribution in [2.75, 3.05) is 0 Å². The van der Waals surface area contributed by atoms with Crippen molar-refractivity contribution in [1.82, 2.24) is 0 Å². The predicted octanol–water partition coefficient (Wildman–Crippen LogP) is 3.14. The molecule has 3 aromatic rings. The van der Waals surface area contributed by atoms with Crippen LogP contribution in [0.4, 0.5) is 0 Å². The van der Waals surface area contributed by atoms with Crippen LogP contribution in [-0.2, 0) is 10.4 Å². The van der Waals surface area contributed by atoms with Gasteiger partial charge in [0, 0.05) is 4.88 Å². The van der Waals surface area contributed by atoms with Crippen molar-refractivity contribution in [3.63, 3.8) is 0 Å². The molecule has 22 heavy (non-hydrogen) atoms. The summed E-state index contributed by atoms with van der Waals surface area (Å²) >= 11 is 1.64. The van der Waals surface area contributed by atoms with Gasteiger partial charge in [0.1, 0.15) is 0 Å². The zero-order valence-corrected chi connectivity index (χ0v) is 12.6. The first-order chi connectivity index (χ1) is 10.6. The summed E-state index contributed by atoms with van der Waals surface area (Å²) in [4.78, 5) is 13.0. The smallest absolute Gasteiger partial charge is 0.258 e. The molecule has 0 aliphatic rings. The van der Waals surface area contributed by atoms with Crippen molar-refractivity contribution in [1.29, 1.82) is 0 Å². The standard InChI is InChI=1S/C18H15NO2S/c19-17(20)18(21,14-5-2-1-3-6-14)15-10-8-13(9-11-15)16-7-4-12-22-16/h1-12,21H,(H2,19,20). The maximum atomic E-state index is 11.9. The number of rotatable bonds is 4. The lowest BCUT2D eigenvalue weighted by Crippen LogP contribution is -2.42. The van der Waals surface area contributed by atoms with Crippen LogP contribution in [0.2, 0.25) is 0 Å². The van der Waals surface area contributed by atoms with Crippen molar-refractivity contribution < 1.29 is 9.90 Å². The fourth-order valence-corrected chi connectivity index (χ4v) is 3.18. The molecular formula is C18H15NO2S. The highest BCUT2D eigenvalue weighted by Gasteiger charge is 2.37. The van der Waals surface area contributed by atoms with E-state index in [1.807, 2.05) is 35.7 Å². The highest BCUT2D eigenvalue weighted by Crippen LogP contribution is 2.32. The number of carbonyl (C=O) groups excluding carboxylic acids is 1.